The van der Waals surface area contributed by atoms with Gasteiger partial charge in [-0.3, -0.25) is 4.84 Å². The molecule has 2 rings (SSSR count). The molecule has 6 heteroatoms. The second kappa shape index (κ2) is 9.82. The van der Waals surface area contributed by atoms with Gasteiger partial charge in [0, 0.05) is 5.56 Å². The van der Waals surface area contributed by atoms with Gasteiger partial charge in [-0.15, -0.1) is 5.54 Å². The fourth-order valence-corrected chi connectivity index (χ4v) is 2.47. The molecule has 0 N–H and O–H groups in total. The smallest absolute Gasteiger partial charge is 0.143 e. The first kappa shape index (κ1) is 19.0. The molecule has 1 fully saturated rings. The molecule has 0 unspecified atom stereocenters. The molecule has 1 saturated heterocycles. The maximum Gasteiger partial charge on any atom is 0.143 e. The lowest BCUT2D eigenvalue weighted by Gasteiger charge is -2.24. The molecule has 5 nitrogen and oxygen atoms in total. The number of hydroxylamine groups is 1. The monoisotopic (exact) mass is 349 g/mol. The first-order valence-electron chi connectivity index (χ1n) is 8.31. The Morgan fingerprint density at radius 3 is 2.04 bits per heavy atom. The molecule has 0 spiro atoms. The van der Waals surface area contributed by atoms with Gasteiger partial charge >= 0.3 is 0 Å². The Morgan fingerprint density at radius 2 is 1.42 bits per heavy atom. The molecule has 0 aromatic heterocycles. The van der Waals surface area contributed by atoms with Crippen LogP contribution in [0, 0.1) is 11.5 Å². The zero-order chi connectivity index (χ0) is 17.3. The number of anilines is 1. The van der Waals surface area contributed by atoms with Gasteiger partial charge in [-0.2, -0.15) is 0 Å². The molecule has 1 aromatic rings. The lowest BCUT2D eigenvalue weighted by atomic mass is 10.2. The summed E-state index contributed by atoms with van der Waals surface area (Å²) in [6.45, 7) is 10.3. The van der Waals surface area contributed by atoms with Gasteiger partial charge in [-0.25, -0.2) is 5.06 Å². The van der Waals surface area contributed by atoms with Gasteiger partial charge in [0.25, 0.3) is 0 Å². The topological polar surface area (TPSA) is 40.2 Å². The minimum atomic E-state index is -1.36. The zero-order valence-electron chi connectivity index (χ0n) is 14.8. The Morgan fingerprint density at radius 1 is 0.833 bits per heavy atom. The van der Waals surface area contributed by atoms with E-state index in [2.05, 4.69) is 31.1 Å². The highest BCUT2D eigenvalue weighted by Gasteiger charge is 2.10. The zero-order valence-corrected chi connectivity index (χ0v) is 15.8. The highest BCUT2D eigenvalue weighted by atomic mass is 28.3. The maximum atomic E-state index is 5.77. The fourth-order valence-electron chi connectivity index (χ4n) is 1.95. The van der Waals surface area contributed by atoms with Crippen LogP contribution in [-0.2, 0) is 19.0 Å². The van der Waals surface area contributed by atoms with Crippen molar-refractivity contribution < 1.29 is 19.0 Å². The first-order chi connectivity index (χ1) is 11.5. The molecule has 1 aliphatic heterocycles. The Balaban J connectivity index is 1.99. The van der Waals surface area contributed by atoms with Gasteiger partial charge in [0.15, 0.2) is 0 Å². The second-order valence-electron chi connectivity index (χ2n) is 6.52. The molecule has 24 heavy (non-hydrogen) atoms. The van der Waals surface area contributed by atoms with Crippen LogP contribution in [0.1, 0.15) is 5.56 Å². The number of rotatable bonds is 1. The molecular weight excluding hydrogens is 322 g/mol. The number of benzene rings is 1. The van der Waals surface area contributed by atoms with Crippen molar-refractivity contribution in [2.24, 2.45) is 0 Å². The van der Waals surface area contributed by atoms with Crippen LogP contribution in [0.2, 0.25) is 19.6 Å². The number of ether oxygens (including phenoxy) is 3. The maximum absolute atomic E-state index is 5.77. The minimum Gasteiger partial charge on any atom is -0.377 e. The molecule has 132 valence electrons. The van der Waals surface area contributed by atoms with Crippen LogP contribution in [0.5, 0.6) is 0 Å². The van der Waals surface area contributed by atoms with Crippen LogP contribution in [0.25, 0.3) is 0 Å². The average molecular weight is 350 g/mol. The van der Waals surface area contributed by atoms with Crippen LogP contribution in [-0.4, -0.2) is 54.4 Å². The largest absolute Gasteiger partial charge is 0.377 e. The van der Waals surface area contributed by atoms with Gasteiger partial charge in [0.05, 0.1) is 45.3 Å². The van der Waals surface area contributed by atoms with E-state index in [-0.39, 0.29) is 0 Å². The van der Waals surface area contributed by atoms with Gasteiger partial charge in [0.2, 0.25) is 0 Å². The molecule has 0 bridgehead atoms. The SMILES string of the molecule is C[Si](C)(C)C#Cc1ccc(N2COCCOCCOCCO2)cc1. The lowest BCUT2D eigenvalue weighted by molar-refractivity contribution is -0.0448. The Hall–Kier alpha value is -1.36. The molecule has 1 aromatic carbocycles. The summed E-state index contributed by atoms with van der Waals surface area (Å²) in [5.41, 5.74) is 5.33. The van der Waals surface area contributed by atoms with Crippen molar-refractivity contribution in [1.29, 1.82) is 0 Å². The van der Waals surface area contributed by atoms with E-state index in [0.717, 1.165) is 11.3 Å². The summed E-state index contributed by atoms with van der Waals surface area (Å²) in [7, 11) is -1.36. The van der Waals surface area contributed by atoms with Crippen molar-refractivity contribution in [2.45, 2.75) is 19.6 Å². The number of hydrogen-bond donors (Lipinski definition) is 0. The molecule has 0 aliphatic carbocycles. The number of nitrogens with zero attached hydrogens (tertiary/aromatic N) is 1. The normalized spacial score (nSPS) is 18.0. The summed E-state index contributed by atoms with van der Waals surface area (Å²) >= 11 is 0. The molecule has 0 amide bonds. The Bertz CT molecular complexity index is 533. The summed E-state index contributed by atoms with van der Waals surface area (Å²) in [4.78, 5) is 5.77. The lowest BCUT2D eigenvalue weighted by Crippen LogP contribution is -2.30. The van der Waals surface area contributed by atoms with Crippen LogP contribution < -0.4 is 5.06 Å². The molecule has 0 radical (unpaired) electrons. The van der Waals surface area contributed by atoms with E-state index < -0.39 is 8.07 Å². The van der Waals surface area contributed by atoms with Crippen molar-refractivity contribution in [2.75, 3.05) is 51.4 Å². The predicted molar refractivity (Wildman–Crippen MR) is 97.6 cm³/mol. The standard InChI is InChI=1S/C18H27NO4Si/c1-24(2,3)15-8-17-4-6-18(7-5-17)19-16-22-12-11-20-9-10-21-13-14-23-19/h4-7H,9-14,16H2,1-3H3. The quantitative estimate of drug-likeness (QED) is 0.576. The summed E-state index contributed by atoms with van der Waals surface area (Å²) in [5, 5.41) is 1.74. The van der Waals surface area contributed by atoms with Crippen molar-refractivity contribution in [3.05, 3.63) is 29.8 Å². The van der Waals surface area contributed by atoms with E-state index in [4.69, 9.17) is 19.0 Å². The summed E-state index contributed by atoms with van der Waals surface area (Å²) < 4.78 is 16.4. The van der Waals surface area contributed by atoms with Gasteiger partial charge < -0.3 is 14.2 Å². The Kier molecular flexibility index (Phi) is 7.76. The van der Waals surface area contributed by atoms with Crippen LogP contribution in [0.15, 0.2) is 24.3 Å². The minimum absolute atomic E-state index is 0.350. The van der Waals surface area contributed by atoms with E-state index >= 15 is 0 Å². The molecule has 0 saturated carbocycles. The summed E-state index contributed by atoms with van der Waals surface area (Å²) in [6.07, 6.45) is 0. The molecular formula is C18H27NO4Si. The van der Waals surface area contributed by atoms with Crippen molar-refractivity contribution in [1.82, 2.24) is 0 Å². The third-order valence-electron chi connectivity index (χ3n) is 3.16. The molecule has 1 heterocycles. The van der Waals surface area contributed by atoms with Gasteiger partial charge in [-0.1, -0.05) is 25.6 Å². The van der Waals surface area contributed by atoms with E-state index in [1.54, 1.807) is 5.06 Å². The molecule has 0 atom stereocenters. The summed E-state index contributed by atoms with van der Waals surface area (Å²) in [6, 6.07) is 8.03. The third-order valence-corrected chi connectivity index (χ3v) is 4.04. The van der Waals surface area contributed by atoms with E-state index in [1.807, 2.05) is 24.3 Å². The molecule has 1 aliphatic rings. The van der Waals surface area contributed by atoms with Crippen LogP contribution >= 0.6 is 0 Å². The van der Waals surface area contributed by atoms with E-state index in [0.29, 0.717) is 46.4 Å². The predicted octanol–water partition coefficient (Wildman–Crippen LogP) is 2.67. The van der Waals surface area contributed by atoms with Crippen molar-refractivity contribution in [3.8, 4) is 11.5 Å². The second-order valence-corrected chi connectivity index (χ2v) is 11.3. The third kappa shape index (κ3) is 7.47. The van der Waals surface area contributed by atoms with Gasteiger partial charge in [-0.05, 0) is 24.3 Å². The summed E-state index contributed by atoms with van der Waals surface area (Å²) in [5.74, 6) is 3.26. The van der Waals surface area contributed by atoms with Crippen molar-refractivity contribution >= 4 is 13.8 Å². The first-order valence-corrected chi connectivity index (χ1v) is 11.8. The average Bonchev–Trinajstić information content (AvgIpc) is 2.53. The highest BCUT2D eigenvalue weighted by molar-refractivity contribution is 6.83. The van der Waals surface area contributed by atoms with Gasteiger partial charge in [0.1, 0.15) is 14.8 Å². The highest BCUT2D eigenvalue weighted by Crippen LogP contribution is 2.16. The van der Waals surface area contributed by atoms with E-state index in [9.17, 15) is 0 Å². The van der Waals surface area contributed by atoms with Crippen LogP contribution in [0.4, 0.5) is 5.69 Å². The van der Waals surface area contributed by atoms with Crippen molar-refractivity contribution in [3.63, 3.8) is 0 Å². The number of hydrogen-bond acceptors (Lipinski definition) is 5. The fraction of sp³-hybridized carbons (Fsp3) is 0.556. The van der Waals surface area contributed by atoms with Crippen LogP contribution in [0.3, 0.4) is 0 Å². The van der Waals surface area contributed by atoms with E-state index in [1.165, 1.54) is 0 Å². The Labute approximate surface area is 145 Å².